The Hall–Kier alpha value is -1.51. The summed E-state index contributed by atoms with van der Waals surface area (Å²) >= 11 is 8.88. The van der Waals surface area contributed by atoms with Crippen LogP contribution in [0.25, 0.3) is 0 Å². The summed E-state index contributed by atoms with van der Waals surface area (Å²) in [5.74, 6) is 0.997. The topological polar surface area (TPSA) is 63.2 Å². The Morgan fingerprint density at radius 2 is 1.79 bits per heavy atom. The van der Waals surface area contributed by atoms with Gasteiger partial charge in [-0.25, -0.2) is 4.79 Å². The van der Waals surface area contributed by atoms with Gasteiger partial charge in [0.1, 0.15) is 10.8 Å². The molecule has 1 N–H and O–H groups in total. The van der Waals surface area contributed by atoms with Crippen molar-refractivity contribution in [2.75, 3.05) is 18.7 Å². The van der Waals surface area contributed by atoms with Gasteiger partial charge in [-0.2, -0.15) is 4.08 Å². The number of para-hydroxylation sites is 1. The molecule has 0 aliphatic heterocycles. The minimum atomic E-state index is -2.59. The fourth-order valence-electron chi connectivity index (χ4n) is 2.16. The molecule has 0 heterocycles. The molecular formula is C19H24N3O3PS3. The van der Waals surface area contributed by atoms with Gasteiger partial charge in [0.25, 0.3) is 0 Å². The first kappa shape index (κ1) is 23.8. The Balaban J connectivity index is 2.11. The van der Waals surface area contributed by atoms with Crippen molar-refractivity contribution < 1.29 is 14.2 Å². The monoisotopic (exact) mass is 469 g/mol. The largest absolute Gasteiger partial charge is 0.448 e. The van der Waals surface area contributed by atoms with Crippen LogP contribution in [0.15, 0.2) is 65.8 Å². The maximum atomic E-state index is 11.8. The van der Waals surface area contributed by atoms with Crippen molar-refractivity contribution in [1.29, 1.82) is 0 Å². The first-order valence-electron chi connectivity index (χ1n) is 8.84. The van der Waals surface area contributed by atoms with E-state index in [-0.39, 0.29) is 5.88 Å². The van der Waals surface area contributed by atoms with Gasteiger partial charge in [0, 0.05) is 11.8 Å². The number of carbonyl (C=O) groups is 1. The summed E-state index contributed by atoms with van der Waals surface area (Å²) in [6, 6.07) is 19.4. The molecule has 0 aliphatic rings. The van der Waals surface area contributed by atoms with Gasteiger partial charge in [-0.3, -0.25) is 4.84 Å². The van der Waals surface area contributed by atoms with Crippen LogP contribution in [0, 0.1) is 0 Å². The zero-order valence-electron chi connectivity index (χ0n) is 16.5. The number of hydrogen-bond acceptors (Lipinski definition) is 7. The number of nitrogens with zero attached hydrogens (tertiary/aromatic N) is 2. The molecule has 0 radical (unpaired) electrons. The van der Waals surface area contributed by atoms with E-state index >= 15 is 0 Å². The molecule has 6 nitrogen and oxygen atoms in total. The second-order valence-electron chi connectivity index (χ2n) is 5.57. The van der Waals surface area contributed by atoms with E-state index in [1.807, 2.05) is 77.9 Å². The van der Waals surface area contributed by atoms with Crippen LogP contribution < -0.4 is 15.1 Å². The summed E-state index contributed by atoms with van der Waals surface area (Å²) in [7, 11) is 0. The third kappa shape index (κ3) is 7.35. The highest BCUT2D eigenvalue weighted by Gasteiger charge is 2.30. The Kier molecular flexibility index (Phi) is 10.0. The van der Waals surface area contributed by atoms with Gasteiger partial charge >= 0.3 is 6.09 Å². The smallest absolute Gasteiger partial charge is 0.434 e. The minimum absolute atomic E-state index is 0.282. The quantitative estimate of drug-likeness (QED) is 0.105. The lowest BCUT2D eigenvalue weighted by atomic mass is 10.3. The summed E-state index contributed by atoms with van der Waals surface area (Å²) in [4.78, 5) is 16.6. The van der Waals surface area contributed by atoms with E-state index in [9.17, 15) is 4.79 Å². The Labute approximate surface area is 185 Å². The molecule has 0 saturated carbocycles. The minimum Gasteiger partial charge on any atom is -0.448 e. The molecule has 0 bridgehead atoms. The molecule has 1 atom stereocenters. The predicted molar refractivity (Wildman–Crippen MR) is 129 cm³/mol. The SMILES string of the molecule is CCN(SCNC(=O)O/N=C(\C)SC)P(=S)(Oc1ccccc1)c1ccccc1. The zero-order chi connectivity index (χ0) is 21.1. The van der Waals surface area contributed by atoms with Crippen molar-refractivity contribution in [3.8, 4) is 5.75 Å². The van der Waals surface area contributed by atoms with Crippen LogP contribution in [-0.2, 0) is 16.6 Å². The van der Waals surface area contributed by atoms with E-state index in [4.69, 9.17) is 21.2 Å². The van der Waals surface area contributed by atoms with E-state index in [0.717, 1.165) is 5.30 Å². The number of carbonyl (C=O) groups excluding carboxylic acids is 1. The molecule has 2 rings (SSSR count). The normalized spacial score (nSPS) is 13.6. The maximum Gasteiger partial charge on any atom is 0.434 e. The van der Waals surface area contributed by atoms with Crippen molar-refractivity contribution in [2.24, 2.45) is 5.16 Å². The number of hydrogen-bond donors (Lipinski definition) is 1. The number of rotatable bonds is 9. The van der Waals surface area contributed by atoms with Crippen LogP contribution in [-0.4, -0.2) is 33.9 Å². The fraction of sp³-hybridized carbons (Fsp3) is 0.263. The predicted octanol–water partition coefficient (Wildman–Crippen LogP) is 5.05. The summed E-state index contributed by atoms with van der Waals surface area (Å²) in [5, 5.41) is 8.00. The van der Waals surface area contributed by atoms with Gasteiger partial charge in [-0.15, -0.1) is 11.8 Å². The fourth-order valence-corrected chi connectivity index (χ4v) is 7.13. The Bertz CT molecular complexity index is 854. The summed E-state index contributed by atoms with van der Waals surface area (Å²) in [5.41, 5.74) is 0. The molecule has 0 aromatic heterocycles. The molecule has 0 saturated heterocycles. The number of thioether (sulfide) groups is 1. The van der Waals surface area contributed by atoms with Gasteiger partial charge in [0.05, 0.1) is 5.88 Å². The van der Waals surface area contributed by atoms with Crippen LogP contribution in [0.2, 0.25) is 0 Å². The van der Waals surface area contributed by atoms with Gasteiger partial charge in [-0.1, -0.05) is 48.5 Å². The summed E-state index contributed by atoms with van der Waals surface area (Å²) in [6.45, 7) is 4.42. The van der Waals surface area contributed by atoms with E-state index < -0.39 is 12.5 Å². The zero-order valence-corrected chi connectivity index (χ0v) is 19.8. The highest BCUT2D eigenvalue weighted by Crippen LogP contribution is 2.53. The van der Waals surface area contributed by atoms with E-state index in [1.165, 1.54) is 23.7 Å². The third-order valence-electron chi connectivity index (χ3n) is 3.60. The van der Waals surface area contributed by atoms with Crippen LogP contribution in [0.1, 0.15) is 13.8 Å². The molecule has 1 unspecified atom stereocenters. The second kappa shape index (κ2) is 12.2. The average Bonchev–Trinajstić information content (AvgIpc) is 2.76. The summed E-state index contributed by atoms with van der Waals surface area (Å²) < 4.78 is 8.37. The second-order valence-corrected chi connectivity index (χ2v) is 11.5. The molecule has 0 fully saturated rings. The van der Waals surface area contributed by atoms with Crippen LogP contribution >= 0.6 is 30.1 Å². The van der Waals surface area contributed by atoms with Gasteiger partial charge in [-0.05, 0) is 61.2 Å². The Morgan fingerprint density at radius 1 is 1.17 bits per heavy atom. The van der Waals surface area contributed by atoms with Crippen molar-refractivity contribution >= 4 is 58.4 Å². The lowest BCUT2D eigenvalue weighted by molar-refractivity contribution is 0.153. The molecule has 0 aliphatic carbocycles. The van der Waals surface area contributed by atoms with Crippen LogP contribution in [0.3, 0.4) is 0 Å². The number of amides is 1. The highest BCUT2D eigenvalue weighted by molar-refractivity contribution is 8.20. The number of oxime groups is 1. The molecular weight excluding hydrogens is 445 g/mol. The number of nitrogens with one attached hydrogen (secondary N) is 1. The van der Waals surface area contributed by atoms with Gasteiger partial charge in [0.15, 0.2) is 0 Å². The summed E-state index contributed by atoms with van der Waals surface area (Å²) in [6.07, 6.45) is -1.35. The first-order valence-corrected chi connectivity index (χ1v) is 13.7. The number of benzene rings is 2. The van der Waals surface area contributed by atoms with Gasteiger partial charge in [0.2, 0.25) is 6.42 Å². The Morgan fingerprint density at radius 3 is 2.38 bits per heavy atom. The van der Waals surface area contributed by atoms with Gasteiger partial charge < -0.3 is 9.84 Å². The lowest BCUT2D eigenvalue weighted by Gasteiger charge is -2.33. The lowest BCUT2D eigenvalue weighted by Crippen LogP contribution is -2.28. The maximum absolute atomic E-state index is 11.8. The standard InChI is InChI=1S/C19H24N3O3PS3/c1-4-22(29-15-20-19(23)24-21-16(2)28-3)26(27,18-13-9-6-10-14-18)25-17-11-7-5-8-12-17/h5-14H,4,15H2,1-3H3,(H,20,23)/b21-16+. The molecule has 156 valence electrons. The van der Waals surface area contributed by atoms with E-state index in [2.05, 4.69) is 10.5 Å². The van der Waals surface area contributed by atoms with E-state index in [0.29, 0.717) is 17.3 Å². The average molecular weight is 470 g/mol. The van der Waals surface area contributed by atoms with E-state index in [1.54, 1.807) is 6.92 Å². The molecule has 10 heteroatoms. The highest BCUT2D eigenvalue weighted by atomic mass is 32.5. The van der Waals surface area contributed by atoms with Crippen LogP contribution in [0.5, 0.6) is 5.75 Å². The molecule has 2 aromatic carbocycles. The molecule has 0 spiro atoms. The molecule has 29 heavy (non-hydrogen) atoms. The third-order valence-corrected chi connectivity index (χ3v) is 10.2. The van der Waals surface area contributed by atoms with Crippen LogP contribution in [0.4, 0.5) is 4.79 Å². The van der Waals surface area contributed by atoms with Crippen molar-refractivity contribution in [3.63, 3.8) is 0 Å². The first-order chi connectivity index (χ1) is 14.0. The molecule has 1 amide bonds. The van der Waals surface area contributed by atoms with Crippen molar-refractivity contribution in [3.05, 3.63) is 60.7 Å². The molecule has 2 aromatic rings. The van der Waals surface area contributed by atoms with Crippen molar-refractivity contribution in [1.82, 2.24) is 9.39 Å². The van der Waals surface area contributed by atoms with Crippen molar-refractivity contribution in [2.45, 2.75) is 13.8 Å².